The van der Waals surface area contributed by atoms with Crippen LogP contribution in [0.15, 0.2) is 54.6 Å². The van der Waals surface area contributed by atoms with Crippen LogP contribution in [0.25, 0.3) is 17.2 Å². The topological polar surface area (TPSA) is 140 Å². The Morgan fingerprint density at radius 3 is 2.25 bits per heavy atom. The van der Waals surface area contributed by atoms with Crippen molar-refractivity contribution in [1.82, 2.24) is 19.7 Å². The van der Waals surface area contributed by atoms with E-state index in [4.69, 9.17) is 18.9 Å². The van der Waals surface area contributed by atoms with E-state index < -0.39 is 6.10 Å². The molecular weight excluding hydrogens is 530 g/mol. The van der Waals surface area contributed by atoms with Crippen LogP contribution in [-0.4, -0.2) is 53.4 Å². The first-order chi connectivity index (χ1) is 19.5. The summed E-state index contributed by atoms with van der Waals surface area (Å²) in [5.41, 5.74) is 2.57. The summed E-state index contributed by atoms with van der Waals surface area (Å²) in [6, 6.07) is 20.0. The third-order valence-electron chi connectivity index (χ3n) is 6.08. The Morgan fingerprint density at radius 1 is 0.900 bits per heavy atom. The lowest BCUT2D eigenvalue weighted by atomic mass is 9.99. The second-order valence-corrected chi connectivity index (χ2v) is 9.55. The highest BCUT2D eigenvalue weighted by Gasteiger charge is 2.27. The van der Waals surface area contributed by atoms with Crippen molar-refractivity contribution in [3.05, 3.63) is 71.3 Å². The van der Waals surface area contributed by atoms with Crippen molar-refractivity contribution in [2.75, 3.05) is 33.2 Å². The minimum Gasteiger partial charge on any atom is -0.494 e. The average molecular weight is 558 g/mol. The Bertz CT molecular complexity index is 1560. The normalized spacial score (nSPS) is 12.1. The molecule has 1 unspecified atom stereocenters. The van der Waals surface area contributed by atoms with E-state index in [1.165, 1.54) is 11.9 Å². The van der Waals surface area contributed by atoms with Gasteiger partial charge in [0.15, 0.2) is 5.82 Å². The molecular formula is C28H27N7O4S. The van der Waals surface area contributed by atoms with Crippen molar-refractivity contribution in [2.45, 2.75) is 18.3 Å². The number of hydrogen-bond acceptors (Lipinski definition) is 11. The Balaban J connectivity index is 1.75. The van der Waals surface area contributed by atoms with Crippen LogP contribution in [0.5, 0.6) is 17.4 Å². The van der Waals surface area contributed by atoms with Gasteiger partial charge in [0.1, 0.15) is 22.9 Å². The fraction of sp³-hybridized carbons (Fsp3) is 0.250. The molecule has 0 fully saturated rings. The lowest BCUT2D eigenvalue weighted by molar-refractivity contribution is 0.104. The van der Waals surface area contributed by atoms with Gasteiger partial charge in [-0.2, -0.15) is 10.5 Å². The molecule has 0 bridgehead atoms. The predicted octanol–water partition coefficient (Wildman–Crippen LogP) is 4.93. The molecule has 1 N–H and O–H groups in total. The molecule has 204 valence electrons. The number of ether oxygens (including phenoxy) is 4. The molecule has 11 nitrogen and oxygen atoms in total. The molecule has 4 aromatic rings. The summed E-state index contributed by atoms with van der Waals surface area (Å²) in [5.74, 6) is 2.31. The van der Waals surface area contributed by atoms with E-state index in [2.05, 4.69) is 32.0 Å². The summed E-state index contributed by atoms with van der Waals surface area (Å²) in [6.45, 7) is 1.96. The maximum atomic E-state index is 9.68. The number of hydrogen-bond donors (Lipinski definition) is 1. The number of benzene rings is 2. The molecule has 0 spiro atoms. The van der Waals surface area contributed by atoms with E-state index in [9.17, 15) is 10.5 Å². The largest absolute Gasteiger partial charge is 0.494 e. The molecule has 2 heterocycles. The van der Waals surface area contributed by atoms with Gasteiger partial charge >= 0.3 is 0 Å². The number of methoxy groups -OCH3 is 4. The third-order valence-corrected chi connectivity index (χ3v) is 7.00. The van der Waals surface area contributed by atoms with E-state index in [1.54, 1.807) is 63.3 Å². The lowest BCUT2D eigenvalue weighted by Crippen LogP contribution is -2.18. The maximum absolute atomic E-state index is 9.68. The Labute approximate surface area is 236 Å². The summed E-state index contributed by atoms with van der Waals surface area (Å²) >= 11 is 1.34. The second kappa shape index (κ2) is 12.8. The molecule has 0 aliphatic heterocycles. The SMILES string of the molecule is COc1cccc(-c2nnc(NSC(C)[C@@H](OC)c3ccc(C#N)cc3C#N)n2-c2c(OC)cccc2OC)n1. The number of aromatic nitrogens is 4. The zero-order valence-corrected chi connectivity index (χ0v) is 23.4. The minimum atomic E-state index is -0.461. The second-order valence-electron chi connectivity index (χ2n) is 8.37. The van der Waals surface area contributed by atoms with E-state index in [0.29, 0.717) is 57.2 Å². The van der Waals surface area contributed by atoms with Crippen molar-refractivity contribution in [3.63, 3.8) is 0 Å². The van der Waals surface area contributed by atoms with Gasteiger partial charge in [0, 0.05) is 13.2 Å². The Kier molecular flexibility index (Phi) is 9.07. The van der Waals surface area contributed by atoms with Crippen molar-refractivity contribution in [2.24, 2.45) is 0 Å². The van der Waals surface area contributed by atoms with Crippen molar-refractivity contribution in [3.8, 4) is 46.7 Å². The van der Waals surface area contributed by atoms with Gasteiger partial charge in [-0.15, -0.1) is 10.2 Å². The van der Waals surface area contributed by atoms with Crippen LogP contribution in [0, 0.1) is 22.7 Å². The summed E-state index contributed by atoms with van der Waals surface area (Å²) in [7, 11) is 6.27. The van der Waals surface area contributed by atoms with Crippen LogP contribution >= 0.6 is 11.9 Å². The summed E-state index contributed by atoms with van der Waals surface area (Å²) in [4.78, 5) is 4.55. The summed E-state index contributed by atoms with van der Waals surface area (Å²) in [5, 5.41) is 27.6. The summed E-state index contributed by atoms with van der Waals surface area (Å²) < 4.78 is 27.5. The van der Waals surface area contributed by atoms with Gasteiger partial charge in [0.05, 0.1) is 55.9 Å². The number of pyridine rings is 1. The third kappa shape index (κ3) is 5.64. The van der Waals surface area contributed by atoms with E-state index >= 15 is 0 Å². The smallest absolute Gasteiger partial charge is 0.239 e. The number of nitrogens with zero attached hydrogens (tertiary/aromatic N) is 6. The first-order valence-corrected chi connectivity index (χ1v) is 12.9. The predicted molar refractivity (Wildman–Crippen MR) is 151 cm³/mol. The van der Waals surface area contributed by atoms with Gasteiger partial charge in [-0.3, -0.25) is 9.29 Å². The molecule has 2 aromatic heterocycles. The minimum absolute atomic E-state index is 0.201. The monoisotopic (exact) mass is 557 g/mol. The molecule has 2 atom stereocenters. The van der Waals surface area contributed by atoms with Crippen molar-refractivity contribution in [1.29, 1.82) is 10.5 Å². The quantitative estimate of drug-likeness (QED) is 0.251. The molecule has 40 heavy (non-hydrogen) atoms. The van der Waals surface area contributed by atoms with Gasteiger partial charge in [-0.25, -0.2) is 4.98 Å². The fourth-order valence-electron chi connectivity index (χ4n) is 4.18. The Hall–Kier alpha value is -4.78. The highest BCUT2D eigenvalue weighted by atomic mass is 32.2. The van der Waals surface area contributed by atoms with Crippen LogP contribution in [-0.2, 0) is 4.74 Å². The molecule has 0 saturated heterocycles. The molecule has 0 amide bonds. The fourth-order valence-corrected chi connectivity index (χ4v) is 4.99. The number of nitriles is 2. The molecule has 0 radical (unpaired) electrons. The van der Waals surface area contributed by atoms with Crippen LogP contribution in [0.1, 0.15) is 29.7 Å². The van der Waals surface area contributed by atoms with Gasteiger partial charge < -0.3 is 18.9 Å². The molecule has 12 heteroatoms. The number of anilines is 1. The molecule has 0 aliphatic rings. The van der Waals surface area contributed by atoms with Gasteiger partial charge in [-0.1, -0.05) is 18.2 Å². The number of para-hydroxylation sites is 1. The van der Waals surface area contributed by atoms with E-state index in [0.717, 1.165) is 0 Å². The van der Waals surface area contributed by atoms with Crippen molar-refractivity contribution < 1.29 is 18.9 Å². The van der Waals surface area contributed by atoms with Gasteiger partial charge in [-0.05, 0) is 54.8 Å². The number of rotatable bonds is 11. The zero-order valence-electron chi connectivity index (χ0n) is 22.6. The Morgan fingerprint density at radius 2 is 1.62 bits per heavy atom. The van der Waals surface area contributed by atoms with E-state index in [1.807, 2.05) is 31.2 Å². The van der Waals surface area contributed by atoms with Crippen molar-refractivity contribution >= 4 is 17.9 Å². The maximum Gasteiger partial charge on any atom is 0.239 e. The highest BCUT2D eigenvalue weighted by Crippen LogP contribution is 2.39. The standard InChI is InChI=1S/C28H27N7O4S/c1-17(26(39-5)20-13-12-18(15-29)14-19(20)16-30)40-34-28-33-32-27(21-8-6-11-24(31-21)38-4)35(28)25-22(36-2)9-7-10-23(25)37-3/h6-14,17,26H,1-5H3,(H,33,34)/t17?,26-/m1/s1. The van der Waals surface area contributed by atoms with Crippen LogP contribution < -0.4 is 18.9 Å². The first kappa shape index (κ1) is 28.2. The van der Waals surface area contributed by atoms with Crippen LogP contribution in [0.3, 0.4) is 0 Å². The van der Waals surface area contributed by atoms with Crippen LogP contribution in [0.4, 0.5) is 5.95 Å². The zero-order chi connectivity index (χ0) is 28.6. The molecule has 0 aliphatic carbocycles. The highest BCUT2D eigenvalue weighted by molar-refractivity contribution is 8.01. The average Bonchev–Trinajstić information content (AvgIpc) is 3.43. The summed E-state index contributed by atoms with van der Waals surface area (Å²) in [6.07, 6.45) is -0.461. The van der Waals surface area contributed by atoms with Crippen LogP contribution in [0.2, 0.25) is 0 Å². The first-order valence-electron chi connectivity index (χ1n) is 12.1. The van der Waals surface area contributed by atoms with E-state index in [-0.39, 0.29) is 5.25 Å². The molecule has 4 rings (SSSR count). The van der Waals surface area contributed by atoms with Gasteiger partial charge in [0.25, 0.3) is 0 Å². The number of nitrogens with one attached hydrogen (secondary N) is 1. The van der Waals surface area contributed by atoms with Gasteiger partial charge in [0.2, 0.25) is 11.8 Å². The lowest BCUT2D eigenvalue weighted by Gasteiger charge is -2.24. The molecule has 2 aromatic carbocycles. The molecule has 0 saturated carbocycles.